The first-order chi connectivity index (χ1) is 16.3. The number of aryl methyl sites for hydroxylation is 1. The maximum absolute atomic E-state index is 13.5. The van der Waals surface area contributed by atoms with Gasteiger partial charge >= 0.3 is 0 Å². The molecule has 4 rings (SSSR count). The lowest BCUT2D eigenvalue weighted by Gasteiger charge is -2.51. The third-order valence-electron chi connectivity index (χ3n) is 8.31. The highest BCUT2D eigenvalue weighted by atomic mass is 16.2. The van der Waals surface area contributed by atoms with E-state index in [0.29, 0.717) is 42.4 Å². The number of rotatable bonds is 4. The molecule has 0 saturated carbocycles. The minimum atomic E-state index is 0.168. The molecule has 3 aliphatic rings. The highest BCUT2D eigenvalue weighted by molar-refractivity contribution is 5.77. The Hall–Kier alpha value is -1.96. The van der Waals surface area contributed by atoms with E-state index in [9.17, 15) is 9.59 Å². The van der Waals surface area contributed by atoms with Crippen LogP contribution in [-0.2, 0) is 22.7 Å². The minimum absolute atomic E-state index is 0.168. The Morgan fingerprint density at radius 2 is 1.97 bits per heavy atom. The second-order valence-electron chi connectivity index (χ2n) is 11.4. The number of piperidine rings is 2. The molecule has 4 heterocycles. The van der Waals surface area contributed by atoms with E-state index in [1.54, 1.807) is 0 Å². The molecule has 0 spiro atoms. The zero-order valence-electron chi connectivity index (χ0n) is 21.6. The molecule has 1 aromatic rings. The fourth-order valence-corrected chi connectivity index (χ4v) is 6.40. The molecule has 2 bridgehead atoms. The molecule has 3 aliphatic heterocycles. The first-order valence-corrected chi connectivity index (χ1v) is 13.5. The van der Waals surface area contributed by atoms with Crippen molar-refractivity contribution in [2.75, 3.05) is 19.6 Å². The van der Waals surface area contributed by atoms with Gasteiger partial charge in [-0.25, -0.2) is 0 Å². The van der Waals surface area contributed by atoms with E-state index in [2.05, 4.69) is 57.6 Å². The van der Waals surface area contributed by atoms with Gasteiger partial charge in [0, 0.05) is 51.1 Å². The topological polar surface area (TPSA) is 83.4 Å². The van der Waals surface area contributed by atoms with E-state index in [0.717, 1.165) is 64.2 Å². The van der Waals surface area contributed by atoms with Gasteiger partial charge in [0.1, 0.15) is 12.2 Å². The van der Waals surface area contributed by atoms with Gasteiger partial charge < -0.3 is 14.8 Å². The lowest BCUT2D eigenvalue weighted by atomic mass is 9.77. The fraction of sp³-hybridized carbons (Fsp3) is 0.846. The van der Waals surface area contributed by atoms with E-state index in [-0.39, 0.29) is 18.0 Å². The molecule has 2 amide bonds. The zero-order valence-corrected chi connectivity index (χ0v) is 21.6. The van der Waals surface area contributed by atoms with Crippen molar-refractivity contribution in [3.05, 3.63) is 12.2 Å². The Bertz CT molecular complexity index is 839. The monoisotopic (exact) mass is 472 g/mol. The van der Waals surface area contributed by atoms with Gasteiger partial charge in [0.15, 0.2) is 0 Å². The normalized spacial score (nSPS) is 31.9. The highest BCUT2D eigenvalue weighted by Crippen LogP contribution is 2.37. The molecule has 0 aromatic carbocycles. The molecular formula is C26H44N6O2. The molecule has 190 valence electrons. The van der Waals surface area contributed by atoms with Crippen LogP contribution in [0.2, 0.25) is 0 Å². The summed E-state index contributed by atoms with van der Waals surface area (Å²) in [5.74, 6) is 3.23. The smallest absolute Gasteiger partial charge is 0.223 e. The molecule has 0 unspecified atom stereocenters. The van der Waals surface area contributed by atoms with E-state index < -0.39 is 0 Å². The Morgan fingerprint density at radius 1 is 1.15 bits per heavy atom. The summed E-state index contributed by atoms with van der Waals surface area (Å²) < 4.78 is 2.11. The summed E-state index contributed by atoms with van der Waals surface area (Å²) in [6, 6.07) is 0.434. The SMILES string of the molecule is CCn1cnnc1CN1C[C@@H]2C[C@H](C1)[C@@H]1CCCC(=O)N[C@H](C(C)C)CC[C@@H](C)CC(=O)N1C2. The molecule has 0 radical (unpaired) electrons. The Kier molecular flexibility index (Phi) is 8.27. The number of nitrogens with zero attached hydrogens (tertiary/aromatic N) is 5. The summed E-state index contributed by atoms with van der Waals surface area (Å²) in [5, 5.41) is 11.7. The van der Waals surface area contributed by atoms with Gasteiger partial charge in [0.05, 0.1) is 6.54 Å². The van der Waals surface area contributed by atoms with Crippen molar-refractivity contribution < 1.29 is 9.59 Å². The van der Waals surface area contributed by atoms with Gasteiger partial charge in [-0.3, -0.25) is 14.5 Å². The highest BCUT2D eigenvalue weighted by Gasteiger charge is 2.42. The average molecular weight is 473 g/mol. The van der Waals surface area contributed by atoms with Gasteiger partial charge in [0.25, 0.3) is 0 Å². The summed E-state index contributed by atoms with van der Waals surface area (Å²) in [6.07, 6.45) is 7.85. The van der Waals surface area contributed by atoms with Crippen LogP contribution < -0.4 is 5.32 Å². The van der Waals surface area contributed by atoms with E-state index >= 15 is 0 Å². The van der Waals surface area contributed by atoms with E-state index in [1.165, 1.54) is 6.42 Å². The van der Waals surface area contributed by atoms with Gasteiger partial charge in [-0.1, -0.05) is 20.8 Å². The lowest BCUT2D eigenvalue weighted by Crippen LogP contribution is -2.59. The predicted molar refractivity (Wildman–Crippen MR) is 132 cm³/mol. The van der Waals surface area contributed by atoms with Crippen LogP contribution in [0.4, 0.5) is 0 Å². The number of aromatic nitrogens is 3. The average Bonchev–Trinajstić information content (AvgIpc) is 3.24. The number of carbonyl (C=O) groups excluding carboxylic acids is 2. The number of likely N-dealkylation sites (tertiary alicyclic amines) is 1. The second kappa shape index (κ2) is 11.2. The number of fused-ring (bicyclic) bond motifs is 4. The second-order valence-corrected chi connectivity index (χ2v) is 11.4. The van der Waals surface area contributed by atoms with Crippen LogP contribution in [0.1, 0.15) is 78.5 Å². The molecular weight excluding hydrogens is 428 g/mol. The Morgan fingerprint density at radius 3 is 2.74 bits per heavy atom. The number of nitrogens with one attached hydrogen (secondary N) is 1. The Labute approximate surface area is 204 Å². The Balaban J connectivity index is 1.47. The minimum Gasteiger partial charge on any atom is -0.353 e. The maximum atomic E-state index is 13.5. The van der Waals surface area contributed by atoms with Crippen LogP contribution in [0, 0.1) is 23.7 Å². The fourth-order valence-electron chi connectivity index (χ4n) is 6.40. The standard InChI is InChI=1S/C26H44N6O2/c1-5-31-17-27-29-24(31)16-30-13-20-12-21(15-30)23-7-6-8-25(33)28-22(18(2)3)10-9-19(4)11-26(34)32(23)14-20/h17-23H,5-16H2,1-4H3,(H,28,33)/t19-,20+,21-,22+,23+/m1/s1. The first kappa shape index (κ1) is 25.1. The molecule has 8 nitrogen and oxygen atoms in total. The quantitative estimate of drug-likeness (QED) is 0.728. The largest absolute Gasteiger partial charge is 0.353 e. The van der Waals surface area contributed by atoms with Crippen molar-refractivity contribution in [1.29, 1.82) is 0 Å². The molecule has 8 heteroatoms. The molecule has 1 N–H and O–H groups in total. The number of hydrogen-bond donors (Lipinski definition) is 1. The van der Waals surface area contributed by atoms with Gasteiger partial charge in [-0.05, 0) is 62.7 Å². The maximum Gasteiger partial charge on any atom is 0.223 e. The summed E-state index contributed by atoms with van der Waals surface area (Å²) in [4.78, 5) is 30.9. The van der Waals surface area contributed by atoms with Gasteiger partial charge in [-0.2, -0.15) is 0 Å². The third kappa shape index (κ3) is 5.99. The van der Waals surface area contributed by atoms with Crippen LogP contribution >= 0.6 is 0 Å². The first-order valence-electron chi connectivity index (χ1n) is 13.5. The summed E-state index contributed by atoms with van der Waals surface area (Å²) in [5.41, 5.74) is 0. The number of amides is 2. The molecule has 5 atom stereocenters. The van der Waals surface area contributed by atoms with Crippen LogP contribution in [0.3, 0.4) is 0 Å². The van der Waals surface area contributed by atoms with Crippen molar-refractivity contribution >= 4 is 11.8 Å². The van der Waals surface area contributed by atoms with Crippen molar-refractivity contribution in [2.45, 2.75) is 97.8 Å². The predicted octanol–water partition coefficient (Wildman–Crippen LogP) is 3.08. The molecule has 3 fully saturated rings. The van der Waals surface area contributed by atoms with Crippen LogP contribution in [0.5, 0.6) is 0 Å². The lowest BCUT2D eigenvalue weighted by molar-refractivity contribution is -0.142. The van der Waals surface area contributed by atoms with E-state index in [4.69, 9.17) is 0 Å². The summed E-state index contributed by atoms with van der Waals surface area (Å²) in [6.45, 7) is 13.2. The molecule has 34 heavy (non-hydrogen) atoms. The van der Waals surface area contributed by atoms with Crippen LogP contribution in [-0.4, -0.2) is 68.1 Å². The van der Waals surface area contributed by atoms with E-state index in [1.807, 2.05) is 6.33 Å². The van der Waals surface area contributed by atoms with Crippen molar-refractivity contribution in [2.24, 2.45) is 23.7 Å². The van der Waals surface area contributed by atoms with Crippen LogP contribution in [0.15, 0.2) is 6.33 Å². The molecule has 3 saturated heterocycles. The summed E-state index contributed by atoms with van der Waals surface area (Å²) in [7, 11) is 0. The van der Waals surface area contributed by atoms with Crippen molar-refractivity contribution in [1.82, 2.24) is 29.9 Å². The zero-order chi connectivity index (χ0) is 24.2. The number of carbonyl (C=O) groups is 2. The number of hydrogen-bond acceptors (Lipinski definition) is 5. The van der Waals surface area contributed by atoms with Gasteiger partial charge in [-0.15, -0.1) is 10.2 Å². The molecule has 1 aromatic heterocycles. The summed E-state index contributed by atoms with van der Waals surface area (Å²) >= 11 is 0. The third-order valence-corrected chi connectivity index (χ3v) is 8.31. The van der Waals surface area contributed by atoms with Crippen LogP contribution in [0.25, 0.3) is 0 Å². The van der Waals surface area contributed by atoms with Crippen molar-refractivity contribution in [3.63, 3.8) is 0 Å². The molecule has 0 aliphatic carbocycles. The van der Waals surface area contributed by atoms with Crippen molar-refractivity contribution in [3.8, 4) is 0 Å². The van der Waals surface area contributed by atoms with Gasteiger partial charge in [0.2, 0.25) is 11.8 Å².